The van der Waals surface area contributed by atoms with Gasteiger partial charge in [-0.15, -0.1) is 5.10 Å². The molecule has 3 aromatic heterocycles. The van der Waals surface area contributed by atoms with E-state index in [1.54, 1.807) is 24.5 Å². The molecule has 9 nitrogen and oxygen atoms in total. The summed E-state index contributed by atoms with van der Waals surface area (Å²) >= 11 is 0. The van der Waals surface area contributed by atoms with Crippen LogP contribution in [0.3, 0.4) is 0 Å². The van der Waals surface area contributed by atoms with Gasteiger partial charge >= 0.3 is 6.18 Å². The van der Waals surface area contributed by atoms with Crippen molar-refractivity contribution in [3.8, 4) is 23.3 Å². The second kappa shape index (κ2) is 11.7. The van der Waals surface area contributed by atoms with Gasteiger partial charge in [-0.25, -0.2) is 4.68 Å². The largest absolute Gasteiger partial charge is 0.413 e. The first-order valence-corrected chi connectivity index (χ1v) is 15.1. The second-order valence-corrected chi connectivity index (χ2v) is 13.1. The monoisotopic (exact) mass is 635 g/mol. The quantitative estimate of drug-likeness (QED) is 0.178. The van der Waals surface area contributed by atoms with Crippen LogP contribution in [0.15, 0.2) is 67.3 Å². The molecule has 0 radical (unpaired) electrons. The van der Waals surface area contributed by atoms with Crippen molar-refractivity contribution in [3.63, 3.8) is 0 Å². The summed E-state index contributed by atoms with van der Waals surface area (Å²) in [6, 6.07) is 16.4. The van der Waals surface area contributed by atoms with Crippen molar-refractivity contribution < 1.29 is 13.2 Å². The SMILES string of the molecule is Cc1c(-c2ccncc2)cccc1[C@H](Nc1cc(C#N)cc2c(NCC(C)(C)C)c(C#N)cnc12)c1cn(C2(C(F)(F)F)CC2)nn1. The molecule has 2 N–H and O–H groups in total. The smallest absolute Gasteiger partial charge is 0.383 e. The summed E-state index contributed by atoms with van der Waals surface area (Å²) in [6.07, 6.45) is 1.60. The van der Waals surface area contributed by atoms with Crippen LogP contribution in [0.25, 0.3) is 22.0 Å². The molecule has 238 valence electrons. The summed E-state index contributed by atoms with van der Waals surface area (Å²) in [7, 11) is 0. The summed E-state index contributed by atoms with van der Waals surface area (Å²) in [4.78, 5) is 8.74. The predicted molar refractivity (Wildman–Crippen MR) is 172 cm³/mol. The average molecular weight is 636 g/mol. The molecule has 1 aliphatic rings. The van der Waals surface area contributed by atoms with E-state index in [-0.39, 0.29) is 24.0 Å². The topological polar surface area (TPSA) is 128 Å². The fourth-order valence-corrected chi connectivity index (χ4v) is 5.76. The van der Waals surface area contributed by atoms with E-state index in [0.717, 1.165) is 26.9 Å². The number of fused-ring (bicyclic) bond motifs is 1. The van der Waals surface area contributed by atoms with Crippen molar-refractivity contribution in [1.82, 2.24) is 25.0 Å². The molecule has 1 fully saturated rings. The van der Waals surface area contributed by atoms with Crippen LogP contribution in [0.4, 0.5) is 24.5 Å². The first kappa shape index (κ1) is 31.5. The highest BCUT2D eigenvalue weighted by Crippen LogP contribution is 2.55. The Bertz CT molecular complexity index is 2040. The van der Waals surface area contributed by atoms with E-state index in [9.17, 15) is 23.7 Å². The highest BCUT2D eigenvalue weighted by Gasteiger charge is 2.66. The van der Waals surface area contributed by atoms with Gasteiger partial charge in [0.1, 0.15) is 11.8 Å². The number of nitrogens with zero attached hydrogens (tertiary/aromatic N) is 7. The van der Waals surface area contributed by atoms with Gasteiger partial charge in [0.05, 0.1) is 46.3 Å². The third kappa shape index (κ3) is 5.95. The van der Waals surface area contributed by atoms with Gasteiger partial charge in [0.25, 0.3) is 0 Å². The first-order valence-electron chi connectivity index (χ1n) is 15.1. The lowest BCUT2D eigenvalue weighted by Crippen LogP contribution is -2.35. The first-order chi connectivity index (χ1) is 22.3. The minimum atomic E-state index is -4.48. The zero-order valence-electron chi connectivity index (χ0n) is 26.3. The number of hydrogen-bond donors (Lipinski definition) is 2. The Morgan fingerprint density at radius 1 is 1.04 bits per heavy atom. The molecule has 5 aromatic rings. The van der Waals surface area contributed by atoms with Gasteiger partial charge < -0.3 is 10.6 Å². The molecule has 0 spiro atoms. The summed E-state index contributed by atoms with van der Waals surface area (Å²) < 4.78 is 43.2. The van der Waals surface area contributed by atoms with Gasteiger partial charge in [0.2, 0.25) is 0 Å². The number of pyridine rings is 2. The molecule has 0 aliphatic heterocycles. The molecule has 0 amide bonds. The lowest BCUT2D eigenvalue weighted by Gasteiger charge is -2.24. The number of anilines is 2. The van der Waals surface area contributed by atoms with E-state index in [1.807, 2.05) is 37.3 Å². The van der Waals surface area contributed by atoms with Crippen molar-refractivity contribution in [3.05, 3.63) is 95.2 Å². The number of nitriles is 2. The van der Waals surface area contributed by atoms with Crippen molar-refractivity contribution in [2.45, 2.75) is 58.3 Å². The van der Waals surface area contributed by atoms with Crippen LogP contribution in [0, 0.1) is 35.0 Å². The van der Waals surface area contributed by atoms with Gasteiger partial charge in [-0.1, -0.05) is 44.2 Å². The Kier molecular flexibility index (Phi) is 7.84. The van der Waals surface area contributed by atoms with Crippen LogP contribution < -0.4 is 10.6 Å². The standard InChI is InChI=1S/C35H32F3N9/c1-21-25(23-8-12-41-13-9-23)6-5-7-26(21)32(29-19-47(46-45-29)34(10-11-34)35(36,37)38)44-28-15-22(16-39)14-27-30(43-20-33(2,3)4)24(17-40)18-42-31(27)28/h5-9,12-15,18-19,32,44H,10-11,20H2,1-4H3,(H,42,43)/t32-/m0/s1. The number of aromatic nitrogens is 5. The molecule has 1 saturated carbocycles. The average Bonchev–Trinajstić information content (AvgIpc) is 3.73. The van der Waals surface area contributed by atoms with Gasteiger partial charge in [0.15, 0.2) is 5.54 Å². The Hall–Kier alpha value is -5.49. The van der Waals surface area contributed by atoms with E-state index in [4.69, 9.17) is 0 Å². The molecule has 6 rings (SSSR count). The van der Waals surface area contributed by atoms with Crippen LogP contribution in [0.5, 0.6) is 0 Å². The fraction of sp³-hybridized carbons (Fsp3) is 0.314. The highest BCUT2D eigenvalue weighted by molar-refractivity contribution is 6.01. The second-order valence-electron chi connectivity index (χ2n) is 13.1. The zero-order valence-corrected chi connectivity index (χ0v) is 26.3. The Morgan fingerprint density at radius 3 is 2.43 bits per heavy atom. The Labute approximate surface area is 270 Å². The van der Waals surface area contributed by atoms with E-state index in [0.29, 0.717) is 39.9 Å². The van der Waals surface area contributed by atoms with Crippen molar-refractivity contribution in [2.75, 3.05) is 17.2 Å². The maximum atomic E-state index is 14.1. The number of halogens is 3. The number of benzene rings is 2. The minimum absolute atomic E-state index is 0.0711. The minimum Gasteiger partial charge on any atom is -0.383 e. The molecule has 0 bridgehead atoms. The van der Waals surface area contributed by atoms with E-state index < -0.39 is 17.8 Å². The molecular weight excluding hydrogens is 603 g/mol. The molecule has 3 heterocycles. The summed E-state index contributed by atoms with van der Waals surface area (Å²) in [5.74, 6) is 0. The molecule has 0 saturated heterocycles. The normalized spacial score (nSPS) is 14.7. The van der Waals surface area contributed by atoms with E-state index in [2.05, 4.69) is 63.8 Å². The molecule has 47 heavy (non-hydrogen) atoms. The summed E-state index contributed by atoms with van der Waals surface area (Å²) in [5.41, 5.74) is 3.66. The van der Waals surface area contributed by atoms with Gasteiger partial charge in [-0.2, -0.15) is 23.7 Å². The fourth-order valence-electron chi connectivity index (χ4n) is 5.76. The van der Waals surface area contributed by atoms with Gasteiger partial charge in [-0.3, -0.25) is 9.97 Å². The molecule has 1 atom stereocenters. The van der Waals surface area contributed by atoms with Crippen LogP contribution in [-0.2, 0) is 5.54 Å². The maximum Gasteiger partial charge on any atom is 0.413 e. The molecule has 2 aromatic carbocycles. The number of rotatable bonds is 8. The van der Waals surface area contributed by atoms with Crippen molar-refractivity contribution >= 4 is 22.3 Å². The predicted octanol–water partition coefficient (Wildman–Crippen LogP) is 7.65. The molecule has 12 heteroatoms. The third-order valence-corrected chi connectivity index (χ3v) is 8.49. The number of hydrogen-bond acceptors (Lipinski definition) is 8. The summed E-state index contributed by atoms with van der Waals surface area (Å²) in [5, 5.41) is 35.6. The lowest BCUT2D eigenvalue weighted by molar-refractivity contribution is -0.182. The summed E-state index contributed by atoms with van der Waals surface area (Å²) in [6.45, 7) is 8.68. The Morgan fingerprint density at radius 2 is 1.79 bits per heavy atom. The van der Waals surface area contributed by atoms with Crippen molar-refractivity contribution in [1.29, 1.82) is 10.5 Å². The van der Waals surface area contributed by atoms with Crippen LogP contribution in [-0.4, -0.2) is 37.7 Å². The number of nitrogens with one attached hydrogen (secondary N) is 2. The molecule has 1 aliphatic carbocycles. The van der Waals surface area contributed by atoms with Crippen LogP contribution in [0.1, 0.15) is 67.6 Å². The molecule has 0 unspecified atom stereocenters. The lowest BCUT2D eigenvalue weighted by atomic mass is 9.91. The van der Waals surface area contributed by atoms with Crippen LogP contribution in [0.2, 0.25) is 0 Å². The van der Waals surface area contributed by atoms with E-state index >= 15 is 0 Å². The highest BCUT2D eigenvalue weighted by atomic mass is 19.4. The van der Waals surface area contributed by atoms with Gasteiger partial charge in [-0.05, 0) is 71.7 Å². The van der Waals surface area contributed by atoms with Crippen molar-refractivity contribution in [2.24, 2.45) is 5.41 Å². The third-order valence-electron chi connectivity index (χ3n) is 8.49. The maximum absolute atomic E-state index is 14.1. The van der Waals surface area contributed by atoms with Gasteiger partial charge in [0, 0.05) is 30.5 Å². The van der Waals surface area contributed by atoms with E-state index in [1.165, 1.54) is 12.4 Å². The Balaban J connectivity index is 1.53. The zero-order chi connectivity index (χ0) is 33.6. The van der Waals surface area contributed by atoms with Crippen LogP contribution >= 0.6 is 0 Å². The molecular formula is C35H32F3N9. The number of alkyl halides is 3.